The lowest BCUT2D eigenvalue weighted by Crippen LogP contribution is -2.48. The van der Waals surface area contributed by atoms with Gasteiger partial charge in [0, 0.05) is 18.5 Å². The minimum atomic E-state index is -0.591. The Morgan fingerprint density at radius 2 is 1.11 bits per heavy atom. The van der Waals surface area contributed by atoms with Crippen LogP contribution in [0.1, 0.15) is 113 Å². The largest absolute Gasteiger partial charge is 0.354 e. The Kier molecular flexibility index (Phi) is 16.1. The lowest BCUT2D eigenvalue weighted by atomic mass is 10.0. The van der Waals surface area contributed by atoms with E-state index >= 15 is 0 Å². The second-order valence-corrected chi connectivity index (χ2v) is 9.97. The van der Waals surface area contributed by atoms with E-state index in [9.17, 15) is 9.59 Å². The van der Waals surface area contributed by atoms with Gasteiger partial charge in [-0.3, -0.25) is 9.59 Å². The van der Waals surface area contributed by atoms with Gasteiger partial charge in [-0.05, 0) is 24.1 Å². The number of carbonyl (C=O) groups is 2. The molecule has 198 valence electrons. The van der Waals surface area contributed by atoms with Gasteiger partial charge in [-0.15, -0.1) is 0 Å². The zero-order valence-electron chi connectivity index (χ0n) is 22.5. The van der Waals surface area contributed by atoms with Crippen LogP contribution in [-0.2, 0) is 11.2 Å². The molecule has 1 atom stereocenters. The molecule has 0 radical (unpaired) electrons. The van der Waals surface area contributed by atoms with Crippen LogP contribution in [0.2, 0.25) is 0 Å². The Hall–Kier alpha value is -2.62. The predicted octanol–water partition coefficient (Wildman–Crippen LogP) is 7.63. The molecule has 2 aromatic rings. The number of benzene rings is 2. The fourth-order valence-electron chi connectivity index (χ4n) is 4.54. The van der Waals surface area contributed by atoms with E-state index in [4.69, 9.17) is 0 Å². The number of hydrogen-bond donors (Lipinski definition) is 2. The van der Waals surface area contributed by atoms with Gasteiger partial charge in [0.2, 0.25) is 5.91 Å². The van der Waals surface area contributed by atoms with Crippen molar-refractivity contribution in [1.82, 2.24) is 10.6 Å². The molecule has 2 N–H and O–H groups in total. The molecular formula is C32H48N2O2. The highest BCUT2D eigenvalue weighted by Gasteiger charge is 2.21. The summed E-state index contributed by atoms with van der Waals surface area (Å²) in [5.41, 5.74) is 1.60. The van der Waals surface area contributed by atoms with Crippen molar-refractivity contribution in [2.24, 2.45) is 0 Å². The fourth-order valence-corrected chi connectivity index (χ4v) is 4.54. The Morgan fingerprint density at radius 3 is 1.64 bits per heavy atom. The van der Waals surface area contributed by atoms with Crippen molar-refractivity contribution >= 4 is 11.8 Å². The molecule has 4 nitrogen and oxygen atoms in total. The second-order valence-electron chi connectivity index (χ2n) is 9.97. The highest BCUT2D eigenvalue weighted by molar-refractivity contribution is 5.97. The number of amides is 2. The Labute approximate surface area is 219 Å². The minimum absolute atomic E-state index is 0.113. The van der Waals surface area contributed by atoms with Gasteiger partial charge in [0.15, 0.2) is 0 Å². The quantitative estimate of drug-likeness (QED) is 0.187. The van der Waals surface area contributed by atoms with Gasteiger partial charge in [-0.25, -0.2) is 0 Å². The molecule has 0 bridgehead atoms. The Bertz CT molecular complexity index is 823. The van der Waals surface area contributed by atoms with Crippen molar-refractivity contribution in [2.45, 2.75) is 109 Å². The highest BCUT2D eigenvalue weighted by atomic mass is 16.2. The third kappa shape index (κ3) is 13.5. The van der Waals surface area contributed by atoms with Crippen molar-refractivity contribution in [1.29, 1.82) is 0 Å². The molecule has 0 fully saturated rings. The first kappa shape index (κ1) is 29.6. The first-order valence-electron chi connectivity index (χ1n) is 14.4. The summed E-state index contributed by atoms with van der Waals surface area (Å²) < 4.78 is 0. The van der Waals surface area contributed by atoms with Gasteiger partial charge in [0.1, 0.15) is 6.04 Å². The third-order valence-corrected chi connectivity index (χ3v) is 6.77. The maximum absolute atomic E-state index is 12.9. The molecule has 0 aromatic heterocycles. The zero-order chi connectivity index (χ0) is 25.7. The van der Waals surface area contributed by atoms with E-state index in [0.717, 1.165) is 18.4 Å². The molecule has 2 rings (SSSR count). The molecular weight excluding hydrogens is 444 g/mol. The van der Waals surface area contributed by atoms with Crippen LogP contribution in [0.25, 0.3) is 0 Å². The molecule has 0 saturated heterocycles. The number of carbonyl (C=O) groups excluding carboxylic acids is 2. The molecule has 2 aromatic carbocycles. The molecule has 0 spiro atoms. The summed E-state index contributed by atoms with van der Waals surface area (Å²) in [5.74, 6) is -0.332. The normalized spacial score (nSPS) is 11.7. The van der Waals surface area contributed by atoms with E-state index in [1.54, 1.807) is 12.1 Å². The standard InChI is InChI=1S/C32H48N2O2/c1-2-3-4-5-6-7-8-9-10-11-12-13-14-21-26-33-32(36)30(27-28-22-17-15-18-23-28)34-31(35)29-24-19-16-20-25-29/h15-20,22-25,30H,2-14,21,26-27H2,1H3,(H,33,36)(H,34,35). The van der Waals surface area contributed by atoms with Gasteiger partial charge in [0.05, 0.1) is 0 Å². The average molecular weight is 493 g/mol. The van der Waals surface area contributed by atoms with Crippen LogP contribution in [0.3, 0.4) is 0 Å². The van der Waals surface area contributed by atoms with Crippen LogP contribution in [0.5, 0.6) is 0 Å². The molecule has 0 aliphatic carbocycles. The lowest BCUT2D eigenvalue weighted by Gasteiger charge is -2.19. The smallest absolute Gasteiger partial charge is 0.251 e. The zero-order valence-corrected chi connectivity index (χ0v) is 22.5. The van der Waals surface area contributed by atoms with Crippen molar-refractivity contribution in [3.05, 3.63) is 71.8 Å². The van der Waals surface area contributed by atoms with E-state index in [-0.39, 0.29) is 11.8 Å². The fraction of sp³-hybridized carbons (Fsp3) is 0.562. The van der Waals surface area contributed by atoms with E-state index < -0.39 is 6.04 Å². The van der Waals surface area contributed by atoms with Crippen LogP contribution in [0, 0.1) is 0 Å². The van der Waals surface area contributed by atoms with E-state index in [1.165, 1.54) is 77.0 Å². The molecule has 36 heavy (non-hydrogen) atoms. The summed E-state index contributed by atoms with van der Waals surface area (Å²) >= 11 is 0. The first-order chi connectivity index (χ1) is 17.7. The van der Waals surface area contributed by atoms with Crippen molar-refractivity contribution in [3.63, 3.8) is 0 Å². The number of nitrogens with one attached hydrogen (secondary N) is 2. The summed E-state index contributed by atoms with van der Waals surface area (Å²) in [4.78, 5) is 25.6. The van der Waals surface area contributed by atoms with Gasteiger partial charge < -0.3 is 10.6 Å². The first-order valence-corrected chi connectivity index (χ1v) is 14.4. The lowest BCUT2D eigenvalue weighted by molar-refractivity contribution is -0.122. The van der Waals surface area contributed by atoms with Crippen molar-refractivity contribution in [2.75, 3.05) is 6.54 Å². The monoisotopic (exact) mass is 492 g/mol. The minimum Gasteiger partial charge on any atom is -0.354 e. The van der Waals surface area contributed by atoms with E-state index in [0.29, 0.717) is 18.5 Å². The molecule has 1 unspecified atom stereocenters. The van der Waals surface area contributed by atoms with Crippen molar-refractivity contribution < 1.29 is 9.59 Å². The Balaban J connectivity index is 1.59. The SMILES string of the molecule is CCCCCCCCCCCCCCCCNC(=O)C(Cc1ccccc1)NC(=O)c1ccccc1. The number of unbranched alkanes of at least 4 members (excludes halogenated alkanes) is 13. The molecule has 2 amide bonds. The maximum Gasteiger partial charge on any atom is 0.251 e. The predicted molar refractivity (Wildman–Crippen MR) is 151 cm³/mol. The summed E-state index contributed by atoms with van der Waals surface area (Å²) in [6.45, 7) is 2.93. The topological polar surface area (TPSA) is 58.2 Å². The summed E-state index contributed by atoms with van der Waals surface area (Å²) in [6.07, 6.45) is 18.9. The summed E-state index contributed by atoms with van der Waals surface area (Å²) in [7, 11) is 0. The van der Waals surface area contributed by atoms with E-state index in [1.807, 2.05) is 48.5 Å². The van der Waals surface area contributed by atoms with E-state index in [2.05, 4.69) is 17.6 Å². The number of rotatable bonds is 20. The van der Waals surface area contributed by atoms with Crippen LogP contribution >= 0.6 is 0 Å². The molecule has 0 aliphatic heterocycles. The van der Waals surface area contributed by atoms with Crippen LogP contribution < -0.4 is 10.6 Å². The van der Waals surface area contributed by atoms with Crippen LogP contribution in [-0.4, -0.2) is 24.4 Å². The molecule has 0 saturated carbocycles. The summed E-state index contributed by atoms with van der Waals surface area (Å²) in [6, 6.07) is 18.3. The average Bonchev–Trinajstić information content (AvgIpc) is 2.91. The molecule has 0 heterocycles. The van der Waals surface area contributed by atoms with Crippen LogP contribution in [0.15, 0.2) is 60.7 Å². The second kappa shape index (κ2) is 19.6. The third-order valence-electron chi connectivity index (χ3n) is 6.77. The molecule has 4 heteroatoms. The Morgan fingerprint density at radius 1 is 0.639 bits per heavy atom. The van der Waals surface area contributed by atoms with Crippen molar-refractivity contribution in [3.8, 4) is 0 Å². The molecule has 0 aliphatic rings. The van der Waals surface area contributed by atoms with Gasteiger partial charge in [-0.1, -0.05) is 139 Å². The van der Waals surface area contributed by atoms with Gasteiger partial charge in [-0.2, -0.15) is 0 Å². The van der Waals surface area contributed by atoms with Gasteiger partial charge in [0.25, 0.3) is 5.91 Å². The number of hydrogen-bond acceptors (Lipinski definition) is 2. The summed E-state index contributed by atoms with van der Waals surface area (Å²) in [5, 5.41) is 5.98. The van der Waals surface area contributed by atoms with Gasteiger partial charge >= 0.3 is 0 Å². The highest BCUT2D eigenvalue weighted by Crippen LogP contribution is 2.13. The maximum atomic E-state index is 12.9. The van der Waals surface area contributed by atoms with Crippen LogP contribution in [0.4, 0.5) is 0 Å².